The number of amides is 1. The smallest absolute Gasteiger partial charge is 0.228 e. The predicted molar refractivity (Wildman–Crippen MR) is 142 cm³/mol. The lowest BCUT2D eigenvalue weighted by Crippen LogP contribution is -2.57. The van der Waals surface area contributed by atoms with Crippen LogP contribution < -0.4 is 0 Å². The Bertz CT molecular complexity index is 1120. The predicted octanol–water partition coefficient (Wildman–Crippen LogP) is 6.62. The van der Waals surface area contributed by atoms with E-state index in [1.54, 1.807) is 0 Å². The molecular formula is C30H35ClN2O. The summed E-state index contributed by atoms with van der Waals surface area (Å²) in [6.07, 6.45) is 0.879. The van der Waals surface area contributed by atoms with Crippen LogP contribution in [0.3, 0.4) is 0 Å². The van der Waals surface area contributed by atoms with Gasteiger partial charge in [0.15, 0.2) is 0 Å². The average molecular weight is 475 g/mol. The van der Waals surface area contributed by atoms with Crippen LogP contribution in [0.15, 0.2) is 72.8 Å². The lowest BCUT2D eigenvalue weighted by Gasteiger charge is -2.44. The third-order valence-electron chi connectivity index (χ3n) is 6.58. The third-order valence-corrected chi connectivity index (χ3v) is 6.91. The third kappa shape index (κ3) is 5.89. The lowest BCUT2D eigenvalue weighted by atomic mass is 9.92. The number of nitrogens with zero attached hydrogens (tertiary/aromatic N) is 2. The van der Waals surface area contributed by atoms with Crippen LogP contribution in [-0.4, -0.2) is 41.4 Å². The van der Waals surface area contributed by atoms with Crippen molar-refractivity contribution in [2.75, 3.05) is 19.6 Å². The monoisotopic (exact) mass is 474 g/mol. The highest BCUT2D eigenvalue weighted by atomic mass is 35.5. The van der Waals surface area contributed by atoms with Crippen LogP contribution >= 0.6 is 11.6 Å². The Hall–Kier alpha value is -2.62. The molecule has 1 unspecified atom stereocenters. The van der Waals surface area contributed by atoms with Gasteiger partial charge in [0, 0.05) is 48.2 Å². The second kappa shape index (κ2) is 10.3. The first-order valence-electron chi connectivity index (χ1n) is 12.1. The highest BCUT2D eigenvalue weighted by Crippen LogP contribution is 2.29. The molecule has 1 saturated heterocycles. The molecule has 0 radical (unpaired) electrons. The molecule has 4 rings (SSSR count). The second-order valence-corrected chi connectivity index (χ2v) is 10.9. The topological polar surface area (TPSA) is 23.6 Å². The number of carbonyl (C=O) groups excluding carboxylic acids is 1. The van der Waals surface area contributed by atoms with E-state index in [-0.39, 0.29) is 17.4 Å². The molecule has 0 N–H and O–H groups in total. The van der Waals surface area contributed by atoms with Gasteiger partial charge >= 0.3 is 0 Å². The summed E-state index contributed by atoms with van der Waals surface area (Å²) >= 11 is 6.44. The van der Waals surface area contributed by atoms with Crippen LogP contribution in [0.5, 0.6) is 0 Å². The summed E-state index contributed by atoms with van der Waals surface area (Å²) in [4.78, 5) is 17.8. The number of benzene rings is 3. The normalized spacial score (nSPS) is 17.1. The molecule has 1 aliphatic heterocycles. The molecule has 1 atom stereocenters. The van der Waals surface area contributed by atoms with Crippen LogP contribution in [0.2, 0.25) is 5.02 Å². The Morgan fingerprint density at radius 3 is 2.32 bits per heavy atom. The van der Waals surface area contributed by atoms with Gasteiger partial charge in [-0.25, -0.2) is 0 Å². The number of piperazine rings is 1. The van der Waals surface area contributed by atoms with Gasteiger partial charge in [-0.15, -0.1) is 0 Å². The average Bonchev–Trinajstić information content (AvgIpc) is 2.81. The molecule has 1 aliphatic rings. The van der Waals surface area contributed by atoms with Crippen LogP contribution in [0, 0.1) is 12.3 Å². The molecule has 0 aromatic heterocycles. The van der Waals surface area contributed by atoms with Gasteiger partial charge in [0.25, 0.3) is 0 Å². The summed E-state index contributed by atoms with van der Waals surface area (Å²) in [7, 11) is 0. The maximum absolute atomic E-state index is 13.2. The zero-order valence-electron chi connectivity index (χ0n) is 20.7. The molecular weight excluding hydrogens is 440 g/mol. The van der Waals surface area contributed by atoms with Crippen molar-refractivity contribution >= 4 is 17.5 Å². The van der Waals surface area contributed by atoms with E-state index in [0.717, 1.165) is 48.7 Å². The number of aryl methyl sites for hydroxylation is 1. The van der Waals surface area contributed by atoms with E-state index in [1.165, 1.54) is 16.7 Å². The van der Waals surface area contributed by atoms with Crippen LogP contribution in [0.25, 0.3) is 11.1 Å². The van der Waals surface area contributed by atoms with E-state index < -0.39 is 0 Å². The molecule has 3 aromatic carbocycles. The maximum atomic E-state index is 13.2. The van der Waals surface area contributed by atoms with E-state index in [0.29, 0.717) is 0 Å². The van der Waals surface area contributed by atoms with Gasteiger partial charge in [0.1, 0.15) is 0 Å². The molecule has 0 bridgehead atoms. The fourth-order valence-electron chi connectivity index (χ4n) is 4.73. The number of rotatable bonds is 5. The van der Waals surface area contributed by atoms with Crippen molar-refractivity contribution in [2.45, 2.75) is 46.7 Å². The van der Waals surface area contributed by atoms with E-state index in [9.17, 15) is 4.79 Å². The van der Waals surface area contributed by atoms with Crippen molar-refractivity contribution in [3.8, 4) is 11.1 Å². The number of hydrogen-bond acceptors (Lipinski definition) is 2. The quantitative estimate of drug-likeness (QED) is 0.415. The zero-order valence-corrected chi connectivity index (χ0v) is 21.5. The molecule has 3 nitrogen and oxygen atoms in total. The lowest BCUT2D eigenvalue weighted by molar-refractivity contribution is -0.144. The van der Waals surface area contributed by atoms with Crippen molar-refractivity contribution in [3.63, 3.8) is 0 Å². The van der Waals surface area contributed by atoms with Crippen LogP contribution in [0.1, 0.15) is 37.5 Å². The van der Waals surface area contributed by atoms with Crippen molar-refractivity contribution in [1.82, 2.24) is 9.80 Å². The SMILES string of the molecule is Cc1ccc(Cl)c(-c2ccc(CN3CCN(C(=O)C(C)(C)C)C(Cc4ccccc4)C3)cc2)c1. The minimum Gasteiger partial charge on any atom is -0.336 e. The molecule has 1 heterocycles. The molecule has 1 amide bonds. The molecule has 34 heavy (non-hydrogen) atoms. The molecule has 178 valence electrons. The number of halogens is 1. The van der Waals surface area contributed by atoms with E-state index in [2.05, 4.69) is 71.3 Å². The van der Waals surface area contributed by atoms with Crippen LogP contribution in [0.4, 0.5) is 0 Å². The minimum absolute atomic E-state index is 0.174. The van der Waals surface area contributed by atoms with Crippen LogP contribution in [-0.2, 0) is 17.8 Å². The van der Waals surface area contributed by atoms with Crippen molar-refractivity contribution in [2.24, 2.45) is 5.41 Å². The van der Waals surface area contributed by atoms with Gasteiger partial charge in [0.05, 0.1) is 0 Å². The van der Waals surface area contributed by atoms with Gasteiger partial charge in [0.2, 0.25) is 5.91 Å². The van der Waals surface area contributed by atoms with E-state index in [4.69, 9.17) is 11.6 Å². The molecule has 3 aromatic rings. The molecule has 0 aliphatic carbocycles. The second-order valence-electron chi connectivity index (χ2n) is 10.5. The highest BCUT2D eigenvalue weighted by Gasteiger charge is 2.35. The summed E-state index contributed by atoms with van der Waals surface area (Å²) in [6.45, 7) is 11.6. The van der Waals surface area contributed by atoms with Gasteiger partial charge in [-0.3, -0.25) is 9.69 Å². The van der Waals surface area contributed by atoms with Crippen molar-refractivity contribution < 1.29 is 4.79 Å². The Balaban J connectivity index is 1.48. The fourth-order valence-corrected chi connectivity index (χ4v) is 4.96. The summed E-state index contributed by atoms with van der Waals surface area (Å²) in [6, 6.07) is 25.6. The first-order chi connectivity index (χ1) is 16.2. The molecule has 0 saturated carbocycles. The summed E-state index contributed by atoms with van der Waals surface area (Å²) in [5.74, 6) is 0.243. The Kier molecular flexibility index (Phi) is 7.45. The first kappa shape index (κ1) is 24.5. The van der Waals surface area contributed by atoms with Gasteiger partial charge < -0.3 is 4.90 Å². The molecule has 1 fully saturated rings. The van der Waals surface area contributed by atoms with Gasteiger partial charge in [-0.05, 0) is 42.2 Å². The van der Waals surface area contributed by atoms with Gasteiger partial charge in [-0.2, -0.15) is 0 Å². The largest absolute Gasteiger partial charge is 0.336 e. The first-order valence-corrected chi connectivity index (χ1v) is 12.5. The molecule has 0 spiro atoms. The summed E-state index contributed by atoms with van der Waals surface area (Å²) < 4.78 is 0. The van der Waals surface area contributed by atoms with Gasteiger partial charge in [-0.1, -0.05) is 98.6 Å². The van der Waals surface area contributed by atoms with E-state index >= 15 is 0 Å². The van der Waals surface area contributed by atoms with E-state index in [1.807, 2.05) is 39.0 Å². The number of hydrogen-bond donors (Lipinski definition) is 0. The zero-order chi connectivity index (χ0) is 24.3. The van der Waals surface area contributed by atoms with Crippen molar-refractivity contribution in [1.29, 1.82) is 0 Å². The molecule has 4 heteroatoms. The minimum atomic E-state index is -0.371. The summed E-state index contributed by atoms with van der Waals surface area (Å²) in [5.41, 5.74) is 5.60. The van der Waals surface area contributed by atoms with Crippen molar-refractivity contribution in [3.05, 3.63) is 94.5 Å². The maximum Gasteiger partial charge on any atom is 0.228 e. The summed E-state index contributed by atoms with van der Waals surface area (Å²) in [5, 5.41) is 0.779. The Morgan fingerprint density at radius 1 is 0.941 bits per heavy atom. The number of carbonyl (C=O) groups is 1. The Labute approximate surface area is 209 Å². The Morgan fingerprint density at radius 2 is 1.65 bits per heavy atom. The standard InChI is InChI=1S/C30H35ClN2O/c1-22-10-15-28(31)27(18-22)25-13-11-24(12-14-25)20-32-16-17-33(29(34)30(2,3)4)26(21-32)19-23-8-6-5-7-9-23/h5-15,18,26H,16-17,19-21H2,1-4H3. The highest BCUT2D eigenvalue weighted by molar-refractivity contribution is 6.33. The fraction of sp³-hybridized carbons (Fsp3) is 0.367.